The Morgan fingerprint density at radius 3 is 2.52 bits per heavy atom. The molecule has 0 aliphatic heterocycles. The summed E-state index contributed by atoms with van der Waals surface area (Å²) in [4.78, 5) is 25.1. The second kappa shape index (κ2) is 7.15. The summed E-state index contributed by atoms with van der Waals surface area (Å²) >= 11 is 0. The minimum atomic E-state index is -5.22. The summed E-state index contributed by atoms with van der Waals surface area (Å²) in [6, 6.07) is 3.14. The molecule has 0 atom stereocenters. The van der Waals surface area contributed by atoms with Gasteiger partial charge in [0, 0.05) is 18.8 Å². The lowest BCUT2D eigenvalue weighted by molar-refractivity contribution is -0.205. The van der Waals surface area contributed by atoms with Crippen molar-refractivity contribution in [2.24, 2.45) is 7.05 Å². The van der Waals surface area contributed by atoms with E-state index >= 15 is 0 Å². The van der Waals surface area contributed by atoms with Crippen LogP contribution in [0, 0.1) is 6.92 Å². The first-order chi connectivity index (χ1) is 11.7. The minimum absolute atomic E-state index is 0.239. The van der Waals surface area contributed by atoms with Crippen LogP contribution in [0.15, 0.2) is 18.3 Å². The largest absolute Gasteiger partial charge is 0.493 e. The molecule has 0 aliphatic rings. The summed E-state index contributed by atoms with van der Waals surface area (Å²) in [6.45, 7) is 1.43. The molecule has 12 heteroatoms. The Kier molecular flexibility index (Phi) is 5.20. The molecule has 0 unspecified atom stereocenters. The van der Waals surface area contributed by atoms with Gasteiger partial charge in [-0.2, -0.15) is 28.5 Å². The normalized spacial score (nSPS) is 11.1. The molecule has 134 valence electrons. The topological polar surface area (TPSA) is 108 Å². The van der Waals surface area contributed by atoms with Gasteiger partial charge in [-0.1, -0.05) is 0 Å². The van der Waals surface area contributed by atoms with E-state index in [1.54, 1.807) is 30.9 Å². The molecule has 1 amide bonds. The maximum atomic E-state index is 11.9. The second-order valence-electron chi connectivity index (χ2n) is 4.78. The smallest absolute Gasteiger partial charge is 0.441 e. The molecule has 0 aromatic carbocycles. The predicted octanol–water partition coefficient (Wildman–Crippen LogP) is 1.43. The fourth-order valence-corrected chi connectivity index (χ4v) is 1.75. The number of hydrogen-bond acceptors (Lipinski definition) is 7. The lowest BCUT2D eigenvalue weighted by atomic mass is 10.2. The molecule has 2 heterocycles. The maximum Gasteiger partial charge on any atom is 0.493 e. The van der Waals surface area contributed by atoms with Crippen LogP contribution >= 0.6 is 0 Å². The Hall–Kier alpha value is -3.18. The van der Waals surface area contributed by atoms with Crippen molar-refractivity contribution in [3.05, 3.63) is 29.7 Å². The lowest BCUT2D eigenvalue weighted by Gasteiger charge is -2.08. The van der Waals surface area contributed by atoms with E-state index in [9.17, 15) is 22.8 Å². The molecule has 0 radical (unpaired) electrons. The molecule has 0 bridgehead atoms. The summed E-state index contributed by atoms with van der Waals surface area (Å²) < 4.78 is 41.8. The van der Waals surface area contributed by atoms with Crippen molar-refractivity contribution in [2.75, 3.05) is 0 Å². The Labute approximate surface area is 138 Å². The fourth-order valence-electron chi connectivity index (χ4n) is 1.75. The van der Waals surface area contributed by atoms with Crippen LogP contribution in [0.4, 0.5) is 18.0 Å². The van der Waals surface area contributed by atoms with Gasteiger partial charge in [0.05, 0.1) is 11.4 Å². The molecule has 1 N–H and O–H groups in total. The van der Waals surface area contributed by atoms with Gasteiger partial charge in [-0.25, -0.2) is 9.59 Å². The van der Waals surface area contributed by atoms with Crippen LogP contribution in [0.1, 0.15) is 11.4 Å². The number of carbonyl (C=O) groups is 2. The Bertz CT molecular complexity index is 773. The molecule has 2 rings (SSSR count). The third-order valence-electron chi connectivity index (χ3n) is 2.82. The average Bonchev–Trinajstić information content (AvgIpc) is 2.88. The van der Waals surface area contributed by atoms with Crippen molar-refractivity contribution in [1.82, 2.24) is 25.5 Å². The van der Waals surface area contributed by atoms with E-state index in [4.69, 9.17) is 0 Å². The van der Waals surface area contributed by atoms with Crippen molar-refractivity contribution < 1.29 is 32.3 Å². The zero-order valence-corrected chi connectivity index (χ0v) is 13.0. The summed E-state index contributed by atoms with van der Waals surface area (Å²) in [5.74, 6) is -2.57. The van der Waals surface area contributed by atoms with Crippen molar-refractivity contribution in [1.29, 1.82) is 0 Å². The van der Waals surface area contributed by atoms with Crippen molar-refractivity contribution >= 4 is 12.1 Å². The van der Waals surface area contributed by atoms with E-state index in [2.05, 4.69) is 24.9 Å². The third-order valence-corrected chi connectivity index (χ3v) is 2.82. The number of hydrogen-bond donors (Lipinski definition) is 1. The molecule has 2 aromatic heterocycles. The van der Waals surface area contributed by atoms with Gasteiger partial charge in [-0.3, -0.25) is 4.68 Å². The number of halogens is 3. The number of carbonyl (C=O) groups excluding carboxylic acids is 2. The van der Waals surface area contributed by atoms with E-state index in [1.807, 2.05) is 0 Å². The Morgan fingerprint density at radius 1 is 1.28 bits per heavy atom. The number of amides is 1. The first kappa shape index (κ1) is 18.2. The quantitative estimate of drug-likeness (QED) is 0.826. The minimum Gasteiger partial charge on any atom is -0.441 e. The average molecular weight is 359 g/mol. The maximum absolute atomic E-state index is 11.9. The van der Waals surface area contributed by atoms with Gasteiger partial charge >= 0.3 is 18.2 Å². The van der Waals surface area contributed by atoms with Crippen LogP contribution in [0.25, 0.3) is 11.3 Å². The third kappa shape index (κ3) is 4.89. The highest BCUT2D eigenvalue weighted by Crippen LogP contribution is 2.19. The molecule has 0 aliphatic carbocycles. The van der Waals surface area contributed by atoms with Crippen LogP contribution in [0.3, 0.4) is 0 Å². The Morgan fingerprint density at radius 2 is 2.00 bits per heavy atom. The number of nitrogens with one attached hydrogen (secondary N) is 1. The number of ether oxygens (including phenoxy) is 1. The van der Waals surface area contributed by atoms with Crippen LogP contribution in [-0.4, -0.2) is 38.2 Å². The van der Waals surface area contributed by atoms with E-state index in [0.717, 1.165) is 11.3 Å². The molecule has 2 aromatic rings. The molecular weight excluding hydrogens is 347 g/mol. The number of nitrogens with zero attached hydrogens (tertiary/aromatic N) is 4. The second-order valence-corrected chi connectivity index (χ2v) is 4.78. The monoisotopic (exact) mass is 359 g/mol. The van der Waals surface area contributed by atoms with Crippen LogP contribution in [0.5, 0.6) is 0 Å². The van der Waals surface area contributed by atoms with Gasteiger partial charge in [-0.05, 0) is 19.1 Å². The van der Waals surface area contributed by atoms with E-state index < -0.39 is 18.2 Å². The van der Waals surface area contributed by atoms with Crippen molar-refractivity contribution in [2.45, 2.75) is 19.7 Å². The molecule has 0 spiro atoms. The number of alkyl halides is 3. The highest BCUT2D eigenvalue weighted by atomic mass is 19.4. The highest BCUT2D eigenvalue weighted by Gasteiger charge is 2.42. The first-order valence-corrected chi connectivity index (χ1v) is 6.71. The van der Waals surface area contributed by atoms with E-state index in [0.29, 0.717) is 5.69 Å². The summed E-state index contributed by atoms with van der Waals surface area (Å²) in [6.07, 6.45) is -4.84. The number of aromatic nitrogens is 4. The molecule has 0 fully saturated rings. The number of aryl methyl sites for hydroxylation is 2. The first-order valence-electron chi connectivity index (χ1n) is 6.71. The van der Waals surface area contributed by atoms with Crippen LogP contribution < -0.4 is 5.48 Å². The Balaban J connectivity index is 1.86. The molecule has 9 nitrogen and oxygen atoms in total. The zero-order valence-electron chi connectivity index (χ0n) is 13.0. The van der Waals surface area contributed by atoms with Crippen molar-refractivity contribution in [3.8, 4) is 11.3 Å². The van der Waals surface area contributed by atoms with Gasteiger partial charge in [-0.15, -0.1) is 5.48 Å². The molecule has 0 saturated heterocycles. The lowest BCUT2D eigenvalue weighted by Crippen LogP contribution is -2.34. The zero-order chi connectivity index (χ0) is 18.6. The van der Waals surface area contributed by atoms with Gasteiger partial charge in [0.15, 0.2) is 0 Å². The van der Waals surface area contributed by atoms with Gasteiger partial charge in [0.25, 0.3) is 0 Å². The standard InChI is InChI=1S/C13H12F3N5O4/c1-7-9(5-21(2)19-7)10-4-3-8(17-18-10)6-24-12(23)20-25-11(22)13(14,15)16/h3-5H,6H2,1-2H3,(H,20,23). The number of hydroxylamine groups is 1. The van der Waals surface area contributed by atoms with Crippen LogP contribution in [-0.2, 0) is 28.0 Å². The summed E-state index contributed by atoms with van der Waals surface area (Å²) in [5.41, 5.74) is 3.54. The van der Waals surface area contributed by atoms with Gasteiger partial charge in [0.1, 0.15) is 12.3 Å². The molecule has 0 saturated carbocycles. The predicted molar refractivity (Wildman–Crippen MR) is 74.4 cm³/mol. The molecule has 25 heavy (non-hydrogen) atoms. The molecular formula is C13H12F3N5O4. The van der Waals surface area contributed by atoms with Crippen LogP contribution in [0.2, 0.25) is 0 Å². The number of rotatable bonds is 3. The van der Waals surface area contributed by atoms with E-state index in [-0.39, 0.29) is 12.3 Å². The highest BCUT2D eigenvalue weighted by molar-refractivity contribution is 5.77. The SMILES string of the molecule is Cc1nn(C)cc1-c1ccc(COC(=O)NOC(=O)C(F)(F)F)nn1. The van der Waals surface area contributed by atoms with Crippen molar-refractivity contribution in [3.63, 3.8) is 0 Å². The van der Waals surface area contributed by atoms with E-state index in [1.165, 1.54) is 11.5 Å². The summed E-state index contributed by atoms with van der Waals surface area (Å²) in [5, 5.41) is 12.0. The van der Waals surface area contributed by atoms with Gasteiger partial charge < -0.3 is 9.57 Å². The van der Waals surface area contributed by atoms with Gasteiger partial charge in [0.2, 0.25) is 0 Å². The summed E-state index contributed by atoms with van der Waals surface area (Å²) in [7, 11) is 1.76. The fraction of sp³-hybridized carbons (Fsp3) is 0.308.